The third-order valence-corrected chi connectivity index (χ3v) is 4.07. The molecule has 3 aromatic rings. The SMILES string of the molecule is O=C(O)CC(NC(=O)c1cc(=O)n(-c2ccc(F)cc2)[nH]1)c1ccc(F)cc1F. The second kappa shape index (κ2) is 8.05. The fraction of sp³-hybridized carbons (Fsp3) is 0.105. The van der Waals surface area contributed by atoms with Crippen molar-refractivity contribution in [1.29, 1.82) is 0 Å². The molecule has 2 aromatic carbocycles. The molecule has 150 valence electrons. The summed E-state index contributed by atoms with van der Waals surface area (Å²) >= 11 is 0. The highest BCUT2D eigenvalue weighted by Crippen LogP contribution is 2.21. The number of carbonyl (C=O) groups excluding carboxylic acids is 1. The average Bonchev–Trinajstić information content (AvgIpc) is 3.03. The zero-order valence-electron chi connectivity index (χ0n) is 14.7. The number of nitrogens with zero attached hydrogens (tertiary/aromatic N) is 1. The molecule has 10 heteroatoms. The molecule has 1 atom stereocenters. The van der Waals surface area contributed by atoms with Gasteiger partial charge in [-0.1, -0.05) is 6.07 Å². The number of halogens is 3. The van der Waals surface area contributed by atoms with E-state index in [2.05, 4.69) is 10.4 Å². The van der Waals surface area contributed by atoms with Gasteiger partial charge in [-0.25, -0.2) is 17.9 Å². The molecule has 0 saturated heterocycles. The van der Waals surface area contributed by atoms with E-state index in [4.69, 9.17) is 5.11 Å². The number of rotatable bonds is 6. The van der Waals surface area contributed by atoms with Gasteiger partial charge in [0.1, 0.15) is 23.1 Å². The zero-order valence-corrected chi connectivity index (χ0v) is 14.7. The van der Waals surface area contributed by atoms with Crippen molar-refractivity contribution in [3.63, 3.8) is 0 Å². The molecular formula is C19H14F3N3O4. The number of aromatic amines is 1. The third-order valence-electron chi connectivity index (χ3n) is 4.07. The molecule has 1 amide bonds. The number of aliphatic carboxylic acids is 1. The lowest BCUT2D eigenvalue weighted by Crippen LogP contribution is -2.31. The van der Waals surface area contributed by atoms with Crippen LogP contribution in [-0.2, 0) is 4.79 Å². The molecule has 0 spiro atoms. The monoisotopic (exact) mass is 405 g/mol. The number of nitrogens with one attached hydrogen (secondary N) is 2. The van der Waals surface area contributed by atoms with Gasteiger partial charge >= 0.3 is 5.97 Å². The van der Waals surface area contributed by atoms with Crippen molar-refractivity contribution < 1.29 is 27.9 Å². The van der Waals surface area contributed by atoms with Crippen molar-refractivity contribution in [1.82, 2.24) is 15.1 Å². The number of benzene rings is 2. The molecule has 0 fully saturated rings. The fourth-order valence-corrected chi connectivity index (χ4v) is 2.73. The van der Waals surface area contributed by atoms with Gasteiger partial charge in [0.15, 0.2) is 0 Å². The normalized spacial score (nSPS) is 11.8. The minimum absolute atomic E-state index is 0.220. The summed E-state index contributed by atoms with van der Waals surface area (Å²) in [5, 5.41) is 13.9. The maximum Gasteiger partial charge on any atom is 0.305 e. The van der Waals surface area contributed by atoms with E-state index in [1.165, 1.54) is 12.1 Å². The van der Waals surface area contributed by atoms with E-state index in [1.54, 1.807) is 0 Å². The largest absolute Gasteiger partial charge is 0.481 e. The number of carboxylic acid groups (broad SMARTS) is 1. The van der Waals surface area contributed by atoms with Gasteiger partial charge in [-0.2, -0.15) is 0 Å². The van der Waals surface area contributed by atoms with E-state index >= 15 is 0 Å². The van der Waals surface area contributed by atoms with Crippen LogP contribution in [0.2, 0.25) is 0 Å². The molecular weight excluding hydrogens is 391 g/mol. The van der Waals surface area contributed by atoms with Crippen LogP contribution in [0.3, 0.4) is 0 Å². The summed E-state index contributed by atoms with van der Waals surface area (Å²) in [6, 6.07) is 7.08. The Kier molecular flexibility index (Phi) is 5.53. The number of H-pyrrole nitrogens is 1. The predicted molar refractivity (Wildman–Crippen MR) is 95.2 cm³/mol. The van der Waals surface area contributed by atoms with Gasteiger partial charge in [-0.3, -0.25) is 19.5 Å². The minimum Gasteiger partial charge on any atom is -0.481 e. The Morgan fingerprint density at radius 2 is 1.69 bits per heavy atom. The first-order valence-electron chi connectivity index (χ1n) is 8.30. The van der Waals surface area contributed by atoms with Crippen LogP contribution in [0.5, 0.6) is 0 Å². The van der Waals surface area contributed by atoms with Crippen molar-refractivity contribution in [2.24, 2.45) is 0 Å². The Hall–Kier alpha value is -3.82. The highest BCUT2D eigenvalue weighted by Gasteiger charge is 2.23. The van der Waals surface area contributed by atoms with Crippen LogP contribution < -0.4 is 10.9 Å². The predicted octanol–water partition coefficient (Wildman–Crippen LogP) is 2.53. The lowest BCUT2D eigenvalue weighted by molar-refractivity contribution is -0.137. The Morgan fingerprint density at radius 1 is 1.03 bits per heavy atom. The average molecular weight is 405 g/mol. The topological polar surface area (TPSA) is 104 Å². The summed E-state index contributed by atoms with van der Waals surface area (Å²) in [5.74, 6) is -4.58. The summed E-state index contributed by atoms with van der Waals surface area (Å²) in [7, 11) is 0. The van der Waals surface area contributed by atoms with Gasteiger partial charge in [0.2, 0.25) is 0 Å². The van der Waals surface area contributed by atoms with E-state index in [0.29, 0.717) is 6.07 Å². The second-order valence-corrected chi connectivity index (χ2v) is 6.11. The summed E-state index contributed by atoms with van der Waals surface area (Å²) in [6.45, 7) is 0. The molecule has 29 heavy (non-hydrogen) atoms. The molecule has 7 nitrogen and oxygen atoms in total. The Bertz CT molecular complexity index is 1120. The van der Waals surface area contributed by atoms with Crippen LogP contribution in [0.1, 0.15) is 28.5 Å². The lowest BCUT2D eigenvalue weighted by Gasteiger charge is -2.17. The van der Waals surface area contributed by atoms with E-state index in [9.17, 15) is 27.6 Å². The molecule has 0 radical (unpaired) electrons. The Morgan fingerprint density at radius 3 is 2.31 bits per heavy atom. The quantitative estimate of drug-likeness (QED) is 0.586. The van der Waals surface area contributed by atoms with Gasteiger partial charge in [-0.05, 0) is 30.3 Å². The molecule has 0 aliphatic rings. The van der Waals surface area contributed by atoms with Gasteiger partial charge < -0.3 is 10.4 Å². The van der Waals surface area contributed by atoms with Gasteiger partial charge in [-0.15, -0.1) is 0 Å². The van der Waals surface area contributed by atoms with Crippen LogP contribution in [0.4, 0.5) is 13.2 Å². The second-order valence-electron chi connectivity index (χ2n) is 6.11. The molecule has 0 saturated carbocycles. The lowest BCUT2D eigenvalue weighted by atomic mass is 10.0. The Labute approximate surface area is 161 Å². The highest BCUT2D eigenvalue weighted by molar-refractivity contribution is 5.92. The third kappa shape index (κ3) is 4.54. The first-order chi connectivity index (χ1) is 13.7. The zero-order chi connectivity index (χ0) is 21.1. The molecule has 1 unspecified atom stereocenters. The van der Waals surface area contributed by atoms with Crippen LogP contribution in [0, 0.1) is 17.5 Å². The van der Waals surface area contributed by atoms with Crippen molar-refractivity contribution in [2.75, 3.05) is 0 Å². The molecule has 3 rings (SSSR count). The van der Waals surface area contributed by atoms with Crippen molar-refractivity contribution >= 4 is 11.9 Å². The van der Waals surface area contributed by atoms with E-state index in [0.717, 1.165) is 35.0 Å². The number of hydrogen-bond donors (Lipinski definition) is 3. The summed E-state index contributed by atoms with van der Waals surface area (Å²) < 4.78 is 41.2. The fourth-order valence-electron chi connectivity index (χ4n) is 2.73. The number of amides is 1. The summed E-state index contributed by atoms with van der Waals surface area (Å²) in [5.41, 5.74) is -0.800. The smallest absolute Gasteiger partial charge is 0.305 e. The van der Waals surface area contributed by atoms with Crippen molar-refractivity contribution in [3.05, 3.63) is 87.6 Å². The molecule has 3 N–H and O–H groups in total. The molecule has 1 heterocycles. The number of aromatic nitrogens is 2. The standard InChI is InChI=1S/C19H14F3N3O4/c20-10-1-4-12(5-2-10)25-17(26)8-16(24-25)19(29)23-15(9-18(27)28)13-6-3-11(21)7-14(13)22/h1-8,15,24H,9H2,(H,23,29)(H,27,28). The first-order valence-corrected chi connectivity index (χ1v) is 8.30. The van der Waals surface area contributed by atoms with E-state index < -0.39 is 47.4 Å². The first kappa shape index (κ1) is 19.9. The summed E-state index contributed by atoms with van der Waals surface area (Å²) in [4.78, 5) is 35.7. The van der Waals surface area contributed by atoms with Gasteiger partial charge in [0.25, 0.3) is 11.5 Å². The minimum atomic E-state index is -1.32. The van der Waals surface area contributed by atoms with Gasteiger partial charge in [0, 0.05) is 17.7 Å². The highest BCUT2D eigenvalue weighted by atomic mass is 19.1. The van der Waals surface area contributed by atoms with Crippen LogP contribution >= 0.6 is 0 Å². The van der Waals surface area contributed by atoms with Crippen LogP contribution in [-0.4, -0.2) is 26.8 Å². The summed E-state index contributed by atoms with van der Waals surface area (Å²) in [6.07, 6.45) is -0.669. The van der Waals surface area contributed by atoms with Gasteiger partial charge in [0.05, 0.1) is 18.2 Å². The molecule has 0 bridgehead atoms. The van der Waals surface area contributed by atoms with E-state index in [-0.39, 0.29) is 16.9 Å². The maximum atomic E-state index is 14.0. The molecule has 1 aromatic heterocycles. The molecule has 0 aliphatic carbocycles. The van der Waals surface area contributed by atoms with Crippen molar-refractivity contribution in [3.8, 4) is 5.69 Å². The van der Waals surface area contributed by atoms with Crippen molar-refractivity contribution in [2.45, 2.75) is 12.5 Å². The molecule has 0 aliphatic heterocycles. The van der Waals surface area contributed by atoms with Crippen LogP contribution in [0.25, 0.3) is 5.69 Å². The number of carbonyl (C=O) groups is 2. The Balaban J connectivity index is 1.88. The van der Waals surface area contributed by atoms with E-state index in [1.807, 2.05) is 0 Å². The number of hydrogen-bond acceptors (Lipinski definition) is 3. The maximum absolute atomic E-state index is 14.0. The number of carboxylic acids is 1. The van der Waals surface area contributed by atoms with Crippen LogP contribution in [0.15, 0.2) is 53.3 Å².